The Bertz CT molecular complexity index is 1250. The molecule has 1 N–H and O–H groups in total. The van der Waals surface area contributed by atoms with E-state index in [1.54, 1.807) is 7.11 Å². The van der Waals surface area contributed by atoms with Gasteiger partial charge in [0, 0.05) is 31.0 Å². The van der Waals surface area contributed by atoms with Gasteiger partial charge in [0.2, 0.25) is 5.13 Å². The zero-order valence-electron chi connectivity index (χ0n) is 18.4. The highest BCUT2D eigenvalue weighted by atomic mass is 32.1. The number of fused-ring (bicyclic) bond motifs is 1. The standard InChI is InChI=1S/C24H26N4O3S/c1-4-31-15-7-14-25-16(2)21-22(17-10-12-18(30-3)13-11-17)27-28(23(21)29)24-26-19-8-5-6-9-20(19)32-24/h5-6,8-13,27H,4,7,14-15H2,1-3H3. The summed E-state index contributed by atoms with van der Waals surface area (Å²) in [6, 6.07) is 15.5. The number of hydrogen-bond acceptors (Lipinski definition) is 6. The van der Waals surface area contributed by atoms with Crippen molar-refractivity contribution in [2.45, 2.75) is 20.3 Å². The summed E-state index contributed by atoms with van der Waals surface area (Å²) in [5.41, 5.74) is 3.52. The largest absolute Gasteiger partial charge is 0.497 e. The van der Waals surface area contributed by atoms with Crippen molar-refractivity contribution >= 4 is 27.3 Å². The molecule has 0 aliphatic heterocycles. The average molecular weight is 451 g/mol. The summed E-state index contributed by atoms with van der Waals surface area (Å²) in [5.74, 6) is 0.754. The first-order chi connectivity index (χ1) is 15.6. The third-order valence-electron chi connectivity index (χ3n) is 5.10. The van der Waals surface area contributed by atoms with E-state index in [4.69, 9.17) is 9.47 Å². The Balaban J connectivity index is 1.78. The van der Waals surface area contributed by atoms with Crippen molar-refractivity contribution in [1.29, 1.82) is 0 Å². The van der Waals surface area contributed by atoms with Gasteiger partial charge in [-0.05, 0) is 56.7 Å². The van der Waals surface area contributed by atoms with Crippen molar-refractivity contribution in [3.05, 3.63) is 64.4 Å². The molecule has 0 spiro atoms. The van der Waals surface area contributed by atoms with Crippen molar-refractivity contribution in [1.82, 2.24) is 14.8 Å². The highest BCUT2D eigenvalue weighted by Gasteiger charge is 2.21. The quantitative estimate of drug-likeness (QED) is 0.296. The minimum absolute atomic E-state index is 0.166. The first kappa shape index (κ1) is 22.0. The number of nitrogens with zero attached hydrogens (tertiary/aromatic N) is 3. The maximum Gasteiger partial charge on any atom is 0.283 e. The van der Waals surface area contributed by atoms with Crippen LogP contribution in [0.25, 0.3) is 26.6 Å². The van der Waals surface area contributed by atoms with E-state index in [0.29, 0.717) is 41.9 Å². The van der Waals surface area contributed by atoms with E-state index in [0.717, 1.165) is 28.0 Å². The molecular weight excluding hydrogens is 424 g/mol. The normalized spacial score (nSPS) is 11.9. The van der Waals surface area contributed by atoms with Crippen LogP contribution in [-0.2, 0) is 4.74 Å². The van der Waals surface area contributed by atoms with Crippen LogP contribution in [0, 0.1) is 0 Å². The van der Waals surface area contributed by atoms with Gasteiger partial charge in [0.1, 0.15) is 5.75 Å². The van der Waals surface area contributed by atoms with Gasteiger partial charge in [-0.15, -0.1) is 0 Å². The van der Waals surface area contributed by atoms with Crippen LogP contribution in [0.15, 0.2) is 58.3 Å². The zero-order valence-corrected chi connectivity index (χ0v) is 19.2. The Labute approximate surface area is 190 Å². The molecule has 0 radical (unpaired) electrons. The van der Waals surface area contributed by atoms with Crippen LogP contribution in [-0.4, -0.2) is 47.3 Å². The molecule has 2 aromatic carbocycles. The lowest BCUT2D eigenvalue weighted by molar-refractivity contribution is 0.146. The first-order valence-electron chi connectivity index (χ1n) is 10.6. The number of thiazole rings is 1. The third kappa shape index (κ3) is 4.51. The van der Waals surface area contributed by atoms with Crippen LogP contribution in [0.4, 0.5) is 0 Å². The molecule has 0 aliphatic rings. The SMILES string of the molecule is CCOCCCN=C(C)c1c(-c2ccc(OC)cc2)[nH]n(-c2nc3ccccc3s2)c1=O. The highest BCUT2D eigenvalue weighted by molar-refractivity contribution is 7.20. The molecule has 0 saturated carbocycles. The van der Waals surface area contributed by atoms with Gasteiger partial charge in [-0.1, -0.05) is 23.5 Å². The second-order valence-corrected chi connectivity index (χ2v) is 8.22. The second-order valence-electron chi connectivity index (χ2n) is 7.21. The van der Waals surface area contributed by atoms with E-state index in [2.05, 4.69) is 15.1 Å². The lowest BCUT2D eigenvalue weighted by Gasteiger charge is -2.05. The number of H-pyrrole nitrogens is 1. The average Bonchev–Trinajstić information content (AvgIpc) is 3.39. The fourth-order valence-electron chi connectivity index (χ4n) is 3.47. The molecular formula is C24H26N4O3S. The van der Waals surface area contributed by atoms with Gasteiger partial charge in [-0.25, -0.2) is 4.98 Å². The van der Waals surface area contributed by atoms with E-state index in [9.17, 15) is 4.79 Å². The number of nitrogens with one attached hydrogen (secondary N) is 1. The summed E-state index contributed by atoms with van der Waals surface area (Å²) in [6.45, 7) is 5.79. The molecule has 0 amide bonds. The molecule has 166 valence electrons. The Kier molecular flexibility index (Phi) is 6.82. The lowest BCUT2D eigenvalue weighted by atomic mass is 10.1. The van der Waals surface area contributed by atoms with Crippen LogP contribution in [0.5, 0.6) is 5.75 Å². The molecule has 0 fully saturated rings. The molecule has 0 aliphatic carbocycles. The second kappa shape index (κ2) is 9.93. The Morgan fingerprint density at radius 1 is 1.19 bits per heavy atom. The molecule has 0 bridgehead atoms. The van der Waals surface area contributed by atoms with Crippen LogP contribution in [0.1, 0.15) is 25.8 Å². The number of hydrogen-bond donors (Lipinski definition) is 1. The van der Waals surface area contributed by atoms with Crippen molar-refractivity contribution in [2.75, 3.05) is 26.9 Å². The Morgan fingerprint density at radius 2 is 1.97 bits per heavy atom. The number of methoxy groups -OCH3 is 1. The van der Waals surface area contributed by atoms with Gasteiger partial charge >= 0.3 is 0 Å². The molecule has 7 nitrogen and oxygen atoms in total. The van der Waals surface area contributed by atoms with E-state index in [1.165, 1.54) is 16.0 Å². The molecule has 4 aromatic rings. The topological polar surface area (TPSA) is 81.5 Å². The summed E-state index contributed by atoms with van der Waals surface area (Å²) >= 11 is 1.47. The Morgan fingerprint density at radius 3 is 2.69 bits per heavy atom. The molecule has 2 heterocycles. The summed E-state index contributed by atoms with van der Waals surface area (Å²) in [4.78, 5) is 22.8. The minimum Gasteiger partial charge on any atom is -0.497 e. The summed E-state index contributed by atoms with van der Waals surface area (Å²) < 4.78 is 13.2. The third-order valence-corrected chi connectivity index (χ3v) is 6.13. The van der Waals surface area contributed by atoms with Crippen LogP contribution < -0.4 is 10.3 Å². The maximum absolute atomic E-state index is 13.5. The van der Waals surface area contributed by atoms with Gasteiger partial charge in [0.25, 0.3) is 5.56 Å². The monoisotopic (exact) mass is 450 g/mol. The lowest BCUT2D eigenvalue weighted by Crippen LogP contribution is -2.19. The maximum atomic E-state index is 13.5. The number of para-hydroxylation sites is 1. The predicted octanol–water partition coefficient (Wildman–Crippen LogP) is 4.69. The minimum atomic E-state index is -0.166. The van der Waals surface area contributed by atoms with E-state index < -0.39 is 0 Å². The molecule has 32 heavy (non-hydrogen) atoms. The van der Waals surface area contributed by atoms with Crippen molar-refractivity contribution in [3.63, 3.8) is 0 Å². The van der Waals surface area contributed by atoms with Crippen molar-refractivity contribution in [2.24, 2.45) is 4.99 Å². The number of ether oxygens (including phenoxy) is 2. The van der Waals surface area contributed by atoms with Gasteiger partial charge in [-0.2, -0.15) is 4.68 Å². The molecule has 2 aromatic heterocycles. The molecule has 0 atom stereocenters. The van der Waals surface area contributed by atoms with Gasteiger partial charge in [0.05, 0.1) is 28.6 Å². The number of aliphatic imine (C=N–C) groups is 1. The van der Waals surface area contributed by atoms with Gasteiger partial charge in [-0.3, -0.25) is 14.9 Å². The summed E-state index contributed by atoms with van der Waals surface area (Å²) in [7, 11) is 1.63. The Hall–Kier alpha value is -3.23. The van der Waals surface area contributed by atoms with Crippen molar-refractivity contribution in [3.8, 4) is 22.1 Å². The first-order valence-corrected chi connectivity index (χ1v) is 11.4. The van der Waals surface area contributed by atoms with Crippen LogP contribution in [0.3, 0.4) is 0 Å². The number of aromatic amines is 1. The molecule has 8 heteroatoms. The van der Waals surface area contributed by atoms with E-state index in [-0.39, 0.29) is 5.56 Å². The highest BCUT2D eigenvalue weighted by Crippen LogP contribution is 2.27. The molecule has 0 unspecified atom stereocenters. The predicted molar refractivity (Wildman–Crippen MR) is 130 cm³/mol. The van der Waals surface area contributed by atoms with Crippen molar-refractivity contribution < 1.29 is 9.47 Å². The van der Waals surface area contributed by atoms with Gasteiger partial charge < -0.3 is 9.47 Å². The summed E-state index contributed by atoms with van der Waals surface area (Å²) in [5, 5.41) is 3.88. The van der Waals surface area contributed by atoms with Crippen LogP contribution >= 0.6 is 11.3 Å². The van der Waals surface area contributed by atoms with Crippen LogP contribution in [0.2, 0.25) is 0 Å². The van der Waals surface area contributed by atoms with Gasteiger partial charge in [0.15, 0.2) is 0 Å². The fourth-order valence-corrected chi connectivity index (χ4v) is 4.39. The van der Waals surface area contributed by atoms with E-state index >= 15 is 0 Å². The number of rotatable bonds is 9. The number of aromatic nitrogens is 3. The fraction of sp³-hybridized carbons (Fsp3) is 0.292. The summed E-state index contributed by atoms with van der Waals surface area (Å²) in [6.07, 6.45) is 0.805. The van der Waals surface area contributed by atoms with E-state index in [1.807, 2.05) is 62.4 Å². The zero-order chi connectivity index (χ0) is 22.5. The molecule has 4 rings (SSSR count). The smallest absolute Gasteiger partial charge is 0.283 e. The number of benzene rings is 2. The molecule has 0 saturated heterocycles.